The molecule has 0 unspecified atom stereocenters. The van der Waals surface area contributed by atoms with Crippen molar-refractivity contribution in [2.24, 2.45) is 5.84 Å². The first-order valence-corrected chi connectivity index (χ1v) is 2.41. The van der Waals surface area contributed by atoms with Crippen LogP contribution in [0.2, 0.25) is 0 Å². The van der Waals surface area contributed by atoms with Gasteiger partial charge in [0.25, 0.3) is 0 Å². The minimum absolute atomic E-state index is 0.712. The average Bonchev–Trinajstić information content (AvgIpc) is 2.14. The Morgan fingerprint density at radius 2 is 2.38 bits per heavy atom. The van der Waals surface area contributed by atoms with Crippen molar-refractivity contribution in [1.82, 2.24) is 9.91 Å². The Hall–Kier alpha value is -0.960. The van der Waals surface area contributed by atoms with Crippen molar-refractivity contribution < 1.29 is 0 Å². The van der Waals surface area contributed by atoms with Crippen LogP contribution in [0.3, 0.4) is 0 Å². The molecule has 0 radical (unpaired) electrons. The van der Waals surface area contributed by atoms with Crippen molar-refractivity contribution in [3.8, 4) is 0 Å². The van der Waals surface area contributed by atoms with Crippen molar-refractivity contribution >= 4 is 0 Å². The van der Waals surface area contributed by atoms with Gasteiger partial charge >= 0.3 is 0 Å². The van der Waals surface area contributed by atoms with Crippen LogP contribution < -0.4 is 5.84 Å². The summed E-state index contributed by atoms with van der Waals surface area (Å²) in [5, 5.41) is 1.58. The topological polar surface area (TPSA) is 32.5 Å². The first-order chi connectivity index (χ1) is 3.83. The Morgan fingerprint density at radius 1 is 1.62 bits per heavy atom. The first-order valence-electron chi connectivity index (χ1n) is 2.41. The molecule has 44 valence electrons. The van der Waals surface area contributed by atoms with Gasteiger partial charge < -0.3 is 4.90 Å². The van der Waals surface area contributed by atoms with E-state index in [-0.39, 0.29) is 0 Å². The second-order valence-electron chi connectivity index (χ2n) is 1.65. The maximum Gasteiger partial charge on any atom is 0.108 e. The number of nitrogens with two attached hydrogens (primary N) is 1. The van der Waals surface area contributed by atoms with E-state index in [1.165, 1.54) is 0 Å². The molecule has 0 atom stereocenters. The number of rotatable bonds is 1. The van der Waals surface area contributed by atoms with Crippen LogP contribution in [-0.4, -0.2) is 16.6 Å². The van der Waals surface area contributed by atoms with Gasteiger partial charge in [0, 0.05) is 12.4 Å². The smallest absolute Gasteiger partial charge is 0.108 e. The zero-order chi connectivity index (χ0) is 5.98. The van der Waals surface area contributed by atoms with Gasteiger partial charge in [0.15, 0.2) is 0 Å². The van der Waals surface area contributed by atoms with Gasteiger partial charge in [-0.15, -0.1) is 0 Å². The van der Waals surface area contributed by atoms with Crippen molar-refractivity contribution in [1.29, 1.82) is 0 Å². The molecule has 0 fully saturated rings. The van der Waals surface area contributed by atoms with E-state index in [1.807, 2.05) is 11.1 Å². The third kappa shape index (κ3) is 0.816. The van der Waals surface area contributed by atoms with E-state index in [4.69, 9.17) is 5.84 Å². The van der Waals surface area contributed by atoms with Crippen molar-refractivity contribution in [2.45, 2.75) is 0 Å². The van der Waals surface area contributed by atoms with Crippen LogP contribution in [0.5, 0.6) is 0 Å². The fourth-order valence-electron chi connectivity index (χ4n) is 0.573. The molecule has 0 aromatic rings. The molecule has 1 rings (SSSR count). The van der Waals surface area contributed by atoms with E-state index in [2.05, 4.69) is 6.58 Å². The van der Waals surface area contributed by atoms with Crippen LogP contribution in [-0.2, 0) is 0 Å². The predicted molar refractivity (Wildman–Crippen MR) is 32.1 cm³/mol. The molecule has 1 aliphatic heterocycles. The molecule has 0 saturated heterocycles. The molecular weight excluding hydrogens is 102 g/mol. The number of hydrazine groups is 1. The standard InChI is InChI=1S/C5H9N3/c1-2-7-3-4-8(6)5-7/h2-4H,1,5-6H2. The maximum absolute atomic E-state index is 5.36. The zero-order valence-corrected chi connectivity index (χ0v) is 4.62. The summed E-state index contributed by atoms with van der Waals surface area (Å²) in [4.78, 5) is 1.89. The van der Waals surface area contributed by atoms with E-state index in [0.717, 1.165) is 0 Å². The van der Waals surface area contributed by atoms with Crippen LogP contribution in [0, 0.1) is 0 Å². The quantitative estimate of drug-likeness (QED) is 0.485. The van der Waals surface area contributed by atoms with E-state index >= 15 is 0 Å². The lowest BCUT2D eigenvalue weighted by Crippen LogP contribution is -2.27. The summed E-state index contributed by atoms with van der Waals surface area (Å²) < 4.78 is 0. The lowest BCUT2D eigenvalue weighted by molar-refractivity contribution is 0.325. The van der Waals surface area contributed by atoms with Crippen LogP contribution >= 0.6 is 0 Å². The largest absolute Gasteiger partial charge is 0.334 e. The highest BCUT2D eigenvalue weighted by Gasteiger charge is 2.02. The molecule has 3 nitrogen and oxygen atoms in total. The lowest BCUT2D eigenvalue weighted by atomic mass is 10.8. The van der Waals surface area contributed by atoms with Crippen molar-refractivity contribution in [3.05, 3.63) is 25.2 Å². The molecule has 1 aliphatic rings. The summed E-state index contributed by atoms with van der Waals surface area (Å²) in [5.41, 5.74) is 0. The van der Waals surface area contributed by atoms with Gasteiger partial charge in [-0.25, -0.2) is 5.84 Å². The molecule has 0 spiro atoms. The van der Waals surface area contributed by atoms with Gasteiger partial charge in [-0.1, -0.05) is 6.58 Å². The Kier molecular flexibility index (Phi) is 1.22. The Labute approximate surface area is 48.6 Å². The second kappa shape index (κ2) is 1.88. The van der Waals surface area contributed by atoms with Crippen LogP contribution in [0.25, 0.3) is 0 Å². The summed E-state index contributed by atoms with van der Waals surface area (Å²) in [7, 11) is 0. The minimum atomic E-state index is 0.712. The second-order valence-corrected chi connectivity index (χ2v) is 1.65. The SMILES string of the molecule is C=CN1C=CN(N)C1. The average molecular weight is 111 g/mol. The molecule has 2 N–H and O–H groups in total. The number of hydrogen-bond donors (Lipinski definition) is 1. The van der Waals surface area contributed by atoms with Gasteiger partial charge in [-0.2, -0.15) is 0 Å². The molecule has 1 heterocycles. The third-order valence-electron chi connectivity index (χ3n) is 1.01. The summed E-state index contributed by atoms with van der Waals surface area (Å²) >= 11 is 0. The molecule has 0 amide bonds. The number of nitrogens with zero attached hydrogens (tertiary/aromatic N) is 2. The summed E-state index contributed by atoms with van der Waals surface area (Å²) in [5.74, 6) is 5.36. The fourth-order valence-corrected chi connectivity index (χ4v) is 0.573. The normalized spacial score (nSPS) is 17.6. The molecule has 0 bridgehead atoms. The van der Waals surface area contributed by atoms with Gasteiger partial charge in [0.2, 0.25) is 0 Å². The van der Waals surface area contributed by atoms with Gasteiger partial charge in [-0.3, -0.25) is 5.01 Å². The molecule has 0 aromatic carbocycles. The van der Waals surface area contributed by atoms with E-state index in [1.54, 1.807) is 17.4 Å². The van der Waals surface area contributed by atoms with Crippen LogP contribution in [0.4, 0.5) is 0 Å². The third-order valence-corrected chi connectivity index (χ3v) is 1.01. The van der Waals surface area contributed by atoms with Crippen molar-refractivity contribution in [2.75, 3.05) is 6.67 Å². The van der Waals surface area contributed by atoms with E-state index < -0.39 is 0 Å². The highest BCUT2D eigenvalue weighted by molar-refractivity contribution is 4.92. The van der Waals surface area contributed by atoms with Crippen molar-refractivity contribution in [3.63, 3.8) is 0 Å². The first kappa shape index (κ1) is 5.18. The molecular formula is C5H9N3. The highest BCUT2D eigenvalue weighted by atomic mass is 15.5. The predicted octanol–water partition coefficient (Wildman–Crippen LogP) is 0.0499. The van der Waals surface area contributed by atoms with E-state index in [0.29, 0.717) is 6.67 Å². The van der Waals surface area contributed by atoms with Gasteiger partial charge in [0.05, 0.1) is 0 Å². The minimum Gasteiger partial charge on any atom is -0.334 e. The zero-order valence-electron chi connectivity index (χ0n) is 4.62. The maximum atomic E-state index is 5.36. The monoisotopic (exact) mass is 111 g/mol. The van der Waals surface area contributed by atoms with Gasteiger partial charge in [0.1, 0.15) is 6.67 Å². The van der Waals surface area contributed by atoms with E-state index in [9.17, 15) is 0 Å². The van der Waals surface area contributed by atoms with Crippen LogP contribution in [0.15, 0.2) is 25.2 Å². The Morgan fingerprint density at radius 3 is 2.62 bits per heavy atom. The fraction of sp³-hybridized carbons (Fsp3) is 0.200. The molecule has 3 heteroatoms. The molecule has 0 aliphatic carbocycles. The Balaban J connectivity index is 2.45. The molecule has 8 heavy (non-hydrogen) atoms. The van der Waals surface area contributed by atoms with Gasteiger partial charge in [-0.05, 0) is 6.20 Å². The summed E-state index contributed by atoms with van der Waals surface area (Å²) in [6.45, 7) is 4.28. The summed E-state index contributed by atoms with van der Waals surface area (Å²) in [6.07, 6.45) is 5.39. The lowest BCUT2D eigenvalue weighted by Gasteiger charge is -2.11. The Bertz CT molecular complexity index is 119. The summed E-state index contributed by atoms with van der Waals surface area (Å²) in [6, 6.07) is 0. The molecule has 0 saturated carbocycles. The molecule has 0 aromatic heterocycles. The number of hydrogen-bond acceptors (Lipinski definition) is 3. The highest BCUT2D eigenvalue weighted by Crippen LogP contribution is 1.99. The van der Waals surface area contributed by atoms with Crippen LogP contribution in [0.1, 0.15) is 0 Å².